The van der Waals surface area contributed by atoms with Gasteiger partial charge in [-0.05, 0) is 42.7 Å². The zero-order valence-corrected chi connectivity index (χ0v) is 16.6. The van der Waals surface area contributed by atoms with E-state index in [1.165, 1.54) is 11.8 Å². The van der Waals surface area contributed by atoms with Crippen molar-refractivity contribution in [2.45, 2.75) is 33.6 Å². The van der Waals surface area contributed by atoms with Crippen LogP contribution in [0.2, 0.25) is 10.0 Å². The number of carbonyl (C=O) groups excluding carboxylic acids is 2. The normalized spacial score (nSPS) is 10.5. The molecular formula is C20H22Cl2N2O2. The average molecular weight is 393 g/mol. The summed E-state index contributed by atoms with van der Waals surface area (Å²) in [5.41, 5.74) is 3.53. The Kier molecular flexibility index (Phi) is 7.06. The number of para-hydroxylation sites is 1. The van der Waals surface area contributed by atoms with Gasteiger partial charge in [0.2, 0.25) is 11.8 Å². The first kappa shape index (κ1) is 20.3. The molecule has 0 spiro atoms. The molecule has 26 heavy (non-hydrogen) atoms. The first-order valence-electron chi connectivity index (χ1n) is 8.44. The maximum absolute atomic E-state index is 12.4. The monoisotopic (exact) mass is 392 g/mol. The Morgan fingerprint density at radius 2 is 1.77 bits per heavy atom. The highest BCUT2D eigenvalue weighted by atomic mass is 35.5. The van der Waals surface area contributed by atoms with Gasteiger partial charge in [0.25, 0.3) is 0 Å². The van der Waals surface area contributed by atoms with Crippen molar-refractivity contribution in [2.75, 3.05) is 16.8 Å². The van der Waals surface area contributed by atoms with Crippen molar-refractivity contribution in [3.8, 4) is 0 Å². The molecule has 2 amide bonds. The number of anilines is 2. The van der Waals surface area contributed by atoms with Gasteiger partial charge >= 0.3 is 0 Å². The number of halogens is 2. The number of rotatable bonds is 6. The lowest BCUT2D eigenvalue weighted by atomic mass is 10.1. The molecule has 0 radical (unpaired) electrons. The van der Waals surface area contributed by atoms with Crippen LogP contribution in [0.15, 0.2) is 36.4 Å². The van der Waals surface area contributed by atoms with Crippen LogP contribution in [0.3, 0.4) is 0 Å². The van der Waals surface area contributed by atoms with E-state index >= 15 is 0 Å². The summed E-state index contributed by atoms with van der Waals surface area (Å²) < 4.78 is 0. The van der Waals surface area contributed by atoms with Gasteiger partial charge in [0.05, 0.1) is 0 Å². The number of hydrogen-bond donors (Lipinski definition) is 1. The average Bonchev–Trinajstić information content (AvgIpc) is 2.55. The highest BCUT2D eigenvalue weighted by Crippen LogP contribution is 2.26. The fraction of sp³-hybridized carbons (Fsp3) is 0.300. The zero-order chi connectivity index (χ0) is 19.3. The second-order valence-electron chi connectivity index (χ2n) is 6.06. The summed E-state index contributed by atoms with van der Waals surface area (Å²) in [6, 6.07) is 10.8. The van der Waals surface area contributed by atoms with Crippen molar-refractivity contribution >= 4 is 46.4 Å². The van der Waals surface area contributed by atoms with Crippen molar-refractivity contribution in [1.82, 2.24) is 0 Å². The molecule has 4 nitrogen and oxygen atoms in total. The number of aryl methyl sites for hydroxylation is 2. The predicted molar refractivity (Wildman–Crippen MR) is 108 cm³/mol. The van der Waals surface area contributed by atoms with E-state index in [1.54, 1.807) is 18.2 Å². The van der Waals surface area contributed by atoms with Gasteiger partial charge < -0.3 is 10.2 Å². The van der Waals surface area contributed by atoms with Crippen molar-refractivity contribution in [3.63, 3.8) is 0 Å². The van der Waals surface area contributed by atoms with E-state index in [9.17, 15) is 9.59 Å². The molecule has 0 heterocycles. The molecule has 2 aromatic carbocycles. The van der Waals surface area contributed by atoms with Gasteiger partial charge in [-0.15, -0.1) is 0 Å². The van der Waals surface area contributed by atoms with E-state index in [1.807, 2.05) is 32.0 Å². The van der Waals surface area contributed by atoms with Crippen LogP contribution >= 0.6 is 23.2 Å². The summed E-state index contributed by atoms with van der Waals surface area (Å²) >= 11 is 12.0. The highest BCUT2D eigenvalue weighted by molar-refractivity contribution is 6.35. The van der Waals surface area contributed by atoms with E-state index < -0.39 is 0 Å². The third-order valence-corrected chi connectivity index (χ3v) is 4.54. The smallest absolute Gasteiger partial charge is 0.226 e. The summed E-state index contributed by atoms with van der Waals surface area (Å²) in [4.78, 5) is 25.9. The van der Waals surface area contributed by atoms with Crippen LogP contribution in [0.5, 0.6) is 0 Å². The minimum Gasteiger partial charge on any atom is -0.326 e. The Labute approximate surface area is 164 Å². The fourth-order valence-corrected chi connectivity index (χ4v) is 3.30. The molecule has 1 N–H and O–H groups in total. The standard InChI is InChI=1S/C20H22Cl2N2O2/c1-4-15-7-5-6-13(2)20(15)23-19(26)8-9-24(14(3)25)18-11-16(21)10-17(22)12-18/h5-7,10-12H,4,8-9H2,1-3H3,(H,23,26). The fourth-order valence-electron chi connectivity index (χ4n) is 2.78. The minimum atomic E-state index is -0.179. The number of nitrogens with zero attached hydrogens (tertiary/aromatic N) is 1. The van der Waals surface area contributed by atoms with Gasteiger partial charge in [0, 0.05) is 41.3 Å². The first-order chi connectivity index (χ1) is 12.3. The van der Waals surface area contributed by atoms with E-state index in [-0.39, 0.29) is 24.8 Å². The first-order valence-corrected chi connectivity index (χ1v) is 9.20. The molecule has 138 valence electrons. The molecule has 0 bridgehead atoms. The van der Waals surface area contributed by atoms with Crippen LogP contribution < -0.4 is 10.2 Å². The number of nitrogens with one attached hydrogen (secondary N) is 1. The van der Waals surface area contributed by atoms with E-state index in [0.717, 1.165) is 23.2 Å². The number of benzene rings is 2. The Morgan fingerprint density at radius 1 is 1.12 bits per heavy atom. The summed E-state index contributed by atoms with van der Waals surface area (Å²) in [6.45, 7) is 5.70. The Morgan fingerprint density at radius 3 is 2.35 bits per heavy atom. The number of amides is 2. The van der Waals surface area contributed by atoms with Crippen molar-refractivity contribution in [1.29, 1.82) is 0 Å². The molecule has 0 aliphatic carbocycles. The molecule has 0 saturated carbocycles. The van der Waals surface area contributed by atoms with E-state index in [0.29, 0.717) is 15.7 Å². The molecule has 2 rings (SSSR count). The van der Waals surface area contributed by atoms with Crippen LogP contribution in [-0.2, 0) is 16.0 Å². The maximum atomic E-state index is 12.4. The molecule has 6 heteroatoms. The number of carbonyl (C=O) groups is 2. The minimum absolute atomic E-state index is 0.145. The van der Waals surface area contributed by atoms with Gasteiger partial charge in [-0.2, -0.15) is 0 Å². The number of hydrogen-bond acceptors (Lipinski definition) is 2. The van der Waals surface area contributed by atoms with Crippen LogP contribution in [0.4, 0.5) is 11.4 Å². The van der Waals surface area contributed by atoms with Crippen molar-refractivity contribution in [3.05, 3.63) is 57.6 Å². The van der Waals surface area contributed by atoms with Crippen LogP contribution in [0, 0.1) is 6.92 Å². The molecular weight excluding hydrogens is 371 g/mol. The second kappa shape index (κ2) is 9.06. The van der Waals surface area contributed by atoms with Gasteiger partial charge in [-0.1, -0.05) is 48.3 Å². The largest absolute Gasteiger partial charge is 0.326 e. The summed E-state index contributed by atoms with van der Waals surface area (Å²) in [5, 5.41) is 3.85. The molecule has 0 saturated heterocycles. The highest BCUT2D eigenvalue weighted by Gasteiger charge is 2.16. The quantitative estimate of drug-likeness (QED) is 0.729. The molecule has 0 aromatic heterocycles. The molecule has 0 atom stereocenters. The second-order valence-corrected chi connectivity index (χ2v) is 6.93. The summed E-state index contributed by atoms with van der Waals surface area (Å²) in [6.07, 6.45) is 0.999. The SMILES string of the molecule is CCc1cccc(C)c1NC(=O)CCN(C(C)=O)c1cc(Cl)cc(Cl)c1. The predicted octanol–water partition coefficient (Wildman–Crippen LogP) is 5.25. The van der Waals surface area contributed by atoms with Crippen LogP contribution in [0.1, 0.15) is 31.4 Å². The van der Waals surface area contributed by atoms with Crippen molar-refractivity contribution < 1.29 is 9.59 Å². The maximum Gasteiger partial charge on any atom is 0.226 e. The van der Waals surface area contributed by atoms with E-state index in [2.05, 4.69) is 5.32 Å². The Bertz CT molecular complexity index is 801. The molecule has 0 fully saturated rings. The molecule has 0 aliphatic heterocycles. The lowest BCUT2D eigenvalue weighted by Crippen LogP contribution is -2.32. The van der Waals surface area contributed by atoms with Gasteiger partial charge in [-0.25, -0.2) is 0 Å². The molecule has 0 unspecified atom stereocenters. The molecule has 2 aromatic rings. The van der Waals surface area contributed by atoms with Crippen LogP contribution in [0.25, 0.3) is 0 Å². The summed E-state index contributed by atoms with van der Waals surface area (Å²) in [7, 11) is 0. The van der Waals surface area contributed by atoms with Gasteiger partial charge in [0.15, 0.2) is 0 Å². The van der Waals surface area contributed by atoms with Crippen molar-refractivity contribution in [2.24, 2.45) is 0 Å². The Balaban J connectivity index is 2.10. The third-order valence-electron chi connectivity index (χ3n) is 4.11. The van der Waals surface area contributed by atoms with Crippen LogP contribution in [-0.4, -0.2) is 18.4 Å². The lowest BCUT2D eigenvalue weighted by molar-refractivity contribution is -0.117. The zero-order valence-electron chi connectivity index (χ0n) is 15.1. The third kappa shape index (κ3) is 5.23. The lowest BCUT2D eigenvalue weighted by Gasteiger charge is -2.22. The summed E-state index contributed by atoms with van der Waals surface area (Å²) in [5.74, 6) is -0.324. The van der Waals surface area contributed by atoms with E-state index in [4.69, 9.17) is 23.2 Å². The molecule has 0 aliphatic rings. The van der Waals surface area contributed by atoms with Gasteiger partial charge in [0.1, 0.15) is 0 Å². The topological polar surface area (TPSA) is 49.4 Å². The Hall–Kier alpha value is -2.04. The van der Waals surface area contributed by atoms with Gasteiger partial charge in [-0.3, -0.25) is 9.59 Å².